The van der Waals surface area contributed by atoms with Gasteiger partial charge in [-0.3, -0.25) is 23.9 Å². The molecule has 3 N–H and O–H groups in total. The van der Waals surface area contributed by atoms with E-state index in [4.69, 9.17) is 0 Å². The highest BCUT2D eigenvalue weighted by molar-refractivity contribution is 7.91. The number of hydrogen-bond acceptors (Lipinski definition) is 8. The van der Waals surface area contributed by atoms with Crippen molar-refractivity contribution in [1.82, 2.24) is 34.9 Å². The van der Waals surface area contributed by atoms with Gasteiger partial charge in [0.15, 0.2) is 0 Å². The van der Waals surface area contributed by atoms with Crippen molar-refractivity contribution in [3.05, 3.63) is 89.4 Å². The van der Waals surface area contributed by atoms with Crippen molar-refractivity contribution in [1.29, 1.82) is 0 Å². The zero-order valence-corrected chi connectivity index (χ0v) is 33.7. The number of carbonyl (C=O) groups is 4. The van der Waals surface area contributed by atoms with Gasteiger partial charge in [0, 0.05) is 43.6 Å². The van der Waals surface area contributed by atoms with E-state index in [1.807, 2.05) is 75.4 Å². The Kier molecular flexibility index (Phi) is 10.7. The number of benzene rings is 2. The van der Waals surface area contributed by atoms with Crippen LogP contribution in [0.1, 0.15) is 70.9 Å². The molecule has 14 nitrogen and oxygen atoms in total. The number of urea groups is 1. The van der Waals surface area contributed by atoms with Crippen molar-refractivity contribution in [3.8, 4) is 11.1 Å². The number of fused-ring (bicyclic) bond motifs is 6. The molecule has 57 heavy (non-hydrogen) atoms. The second-order valence-electron chi connectivity index (χ2n) is 16.9. The first kappa shape index (κ1) is 39.9. The van der Waals surface area contributed by atoms with Gasteiger partial charge in [0.25, 0.3) is 11.5 Å². The summed E-state index contributed by atoms with van der Waals surface area (Å²) in [6.45, 7) is 9.51. The zero-order chi connectivity index (χ0) is 40.9. The van der Waals surface area contributed by atoms with Gasteiger partial charge < -0.3 is 20.4 Å². The van der Waals surface area contributed by atoms with Crippen molar-refractivity contribution >= 4 is 44.5 Å². The predicted molar refractivity (Wildman–Crippen MR) is 216 cm³/mol. The zero-order valence-electron chi connectivity index (χ0n) is 32.9. The number of amides is 5. The van der Waals surface area contributed by atoms with Crippen molar-refractivity contribution < 1.29 is 27.6 Å². The van der Waals surface area contributed by atoms with Gasteiger partial charge in [0.2, 0.25) is 21.8 Å². The molecule has 0 radical (unpaired) electrons. The van der Waals surface area contributed by atoms with Crippen LogP contribution in [-0.2, 0) is 30.8 Å². The highest BCUT2D eigenvalue weighted by atomic mass is 32.2. The maximum Gasteiger partial charge on any atom is 0.317 e. The summed E-state index contributed by atoms with van der Waals surface area (Å²) in [4.78, 5) is 73.8. The predicted octanol–water partition coefficient (Wildman–Crippen LogP) is 3.82. The molecule has 2 saturated carbocycles. The highest BCUT2D eigenvalue weighted by Crippen LogP contribution is 2.46. The molecule has 1 aromatic heterocycles. The van der Waals surface area contributed by atoms with Gasteiger partial charge in [-0.25, -0.2) is 17.9 Å². The van der Waals surface area contributed by atoms with E-state index in [9.17, 15) is 32.4 Å². The minimum absolute atomic E-state index is 0.0271. The van der Waals surface area contributed by atoms with Crippen LogP contribution < -0.4 is 20.9 Å². The molecule has 2 aliphatic heterocycles. The van der Waals surface area contributed by atoms with E-state index < -0.39 is 74.0 Å². The molecule has 302 valence electrons. The number of carbonyl (C=O) groups excluding carboxylic acids is 4. The highest BCUT2D eigenvalue weighted by Gasteiger charge is 2.62. The van der Waals surface area contributed by atoms with Crippen molar-refractivity contribution in [2.45, 2.75) is 94.6 Å². The smallest absolute Gasteiger partial charge is 0.317 e. The summed E-state index contributed by atoms with van der Waals surface area (Å²) in [7, 11) is -2.27. The fourth-order valence-electron chi connectivity index (χ4n) is 7.99. The monoisotopic (exact) mass is 797 g/mol. The minimum Gasteiger partial charge on any atom is -0.339 e. The Morgan fingerprint density at radius 3 is 2.44 bits per heavy atom. The molecule has 2 unspecified atom stereocenters. The minimum atomic E-state index is -3.92. The standard InChI is InChI=1S/C42H51N7O7S/c1-6-29-23-42(29,39(53)46-57(55,56)31-18-19-31)45-36(50)34-22-30-25-48(34)38(52)35(41(2,3)4)44-40(54)47(5)20-12-8-7-9-15-32-33(24-43-49(30)37(32)51)28-17-16-26-13-10-11-14-27(26)21-28/h6-8,10-11,13-14,16-17,21,24,29-31,34-35H,1,9,12,15,18-20,22-23,25H2,2-5H3,(H,44,54)(H,45,50)(H,46,53)/b8-7+/t29-,30?,34+,35-,42?/m1/s1. The van der Waals surface area contributed by atoms with Gasteiger partial charge >= 0.3 is 6.03 Å². The molecule has 3 heterocycles. The van der Waals surface area contributed by atoms with E-state index in [0.29, 0.717) is 49.8 Å². The molecule has 4 bridgehead atoms. The molecule has 5 atom stereocenters. The summed E-state index contributed by atoms with van der Waals surface area (Å²) in [5, 5.41) is 11.8. The fourth-order valence-corrected chi connectivity index (χ4v) is 9.36. The Hall–Kier alpha value is -5.31. The number of nitrogens with zero attached hydrogens (tertiary/aromatic N) is 4. The molecule has 2 aliphatic carbocycles. The summed E-state index contributed by atoms with van der Waals surface area (Å²) < 4.78 is 29.1. The molecule has 0 spiro atoms. The van der Waals surface area contributed by atoms with Crippen molar-refractivity contribution in [2.24, 2.45) is 11.3 Å². The van der Waals surface area contributed by atoms with Gasteiger partial charge in [-0.05, 0) is 66.3 Å². The van der Waals surface area contributed by atoms with Crippen LogP contribution in [0.2, 0.25) is 0 Å². The second kappa shape index (κ2) is 15.2. The van der Waals surface area contributed by atoms with E-state index in [-0.39, 0.29) is 24.9 Å². The van der Waals surface area contributed by atoms with Crippen LogP contribution in [0.25, 0.3) is 21.9 Å². The third-order valence-corrected chi connectivity index (χ3v) is 13.5. The van der Waals surface area contributed by atoms with Crippen LogP contribution in [0.3, 0.4) is 0 Å². The maximum absolute atomic E-state index is 14.7. The molecule has 15 heteroatoms. The van der Waals surface area contributed by atoms with Crippen molar-refractivity contribution in [3.63, 3.8) is 0 Å². The van der Waals surface area contributed by atoms with E-state index in [2.05, 4.69) is 27.0 Å². The number of hydrogen-bond donors (Lipinski definition) is 3. The van der Waals surface area contributed by atoms with Gasteiger partial charge in [-0.15, -0.1) is 6.58 Å². The number of sulfonamides is 1. The van der Waals surface area contributed by atoms with Crippen LogP contribution >= 0.6 is 0 Å². The lowest BCUT2D eigenvalue weighted by atomic mass is 9.85. The number of rotatable bonds is 7. The first-order valence-electron chi connectivity index (χ1n) is 19.6. The first-order chi connectivity index (χ1) is 27.0. The quantitative estimate of drug-likeness (QED) is 0.302. The summed E-state index contributed by atoms with van der Waals surface area (Å²) in [5.74, 6) is -2.63. The van der Waals surface area contributed by atoms with Crippen LogP contribution in [0.4, 0.5) is 4.79 Å². The average molecular weight is 798 g/mol. The molecule has 1 saturated heterocycles. The van der Waals surface area contributed by atoms with Gasteiger partial charge in [0.05, 0.1) is 17.5 Å². The van der Waals surface area contributed by atoms with Gasteiger partial charge in [-0.2, -0.15) is 5.10 Å². The van der Waals surface area contributed by atoms with Gasteiger partial charge in [0.1, 0.15) is 17.6 Å². The number of aromatic nitrogens is 2. The lowest BCUT2D eigenvalue weighted by Gasteiger charge is -2.36. The molecular weight excluding hydrogens is 747 g/mol. The molecule has 2 aromatic carbocycles. The lowest BCUT2D eigenvalue weighted by molar-refractivity contribution is -0.142. The fraction of sp³-hybridized carbons (Fsp3) is 0.476. The molecule has 4 aliphatic rings. The van der Waals surface area contributed by atoms with Crippen LogP contribution in [-0.4, -0.2) is 94.8 Å². The van der Waals surface area contributed by atoms with Crippen molar-refractivity contribution in [2.75, 3.05) is 20.1 Å². The van der Waals surface area contributed by atoms with E-state index in [1.165, 1.54) is 20.6 Å². The lowest BCUT2D eigenvalue weighted by Crippen LogP contribution is -2.61. The Labute approximate surface area is 332 Å². The van der Waals surface area contributed by atoms with E-state index in [1.54, 1.807) is 13.2 Å². The normalized spacial score (nSPS) is 26.3. The van der Waals surface area contributed by atoms with Crippen LogP contribution in [0.5, 0.6) is 0 Å². The largest absolute Gasteiger partial charge is 0.339 e. The Balaban J connectivity index is 1.28. The third-order valence-electron chi connectivity index (χ3n) is 11.7. The average Bonchev–Trinajstić information content (AvgIpc) is 4.10. The third kappa shape index (κ3) is 7.98. The molecule has 3 fully saturated rings. The summed E-state index contributed by atoms with van der Waals surface area (Å²) >= 11 is 0. The Morgan fingerprint density at radius 2 is 1.75 bits per heavy atom. The first-order valence-corrected chi connectivity index (χ1v) is 21.2. The number of nitrogens with one attached hydrogen (secondary N) is 3. The molecule has 3 aromatic rings. The molecular formula is C42H51N7O7S. The SMILES string of the molecule is C=C[C@@H]1CC1(NC(=O)[C@@H]1CC2CN1C(=O)[C@H](C(C)(C)C)NC(=O)N(C)CC/C=C/CCc1c(-c3ccc4ccccc4c3)cnn2c1=O)C(=O)NS(=O)(=O)C1CC1. The summed E-state index contributed by atoms with van der Waals surface area (Å²) in [6, 6.07) is 10.5. The van der Waals surface area contributed by atoms with Crippen LogP contribution in [0.15, 0.2) is 78.3 Å². The summed E-state index contributed by atoms with van der Waals surface area (Å²) in [6.07, 6.45) is 9.63. The van der Waals surface area contributed by atoms with Crippen LogP contribution in [0, 0.1) is 11.3 Å². The Morgan fingerprint density at radius 1 is 1.04 bits per heavy atom. The topological polar surface area (TPSA) is 180 Å². The number of allylic oxidation sites excluding steroid dienone is 1. The van der Waals surface area contributed by atoms with E-state index >= 15 is 0 Å². The maximum atomic E-state index is 14.7. The second-order valence-corrected chi connectivity index (χ2v) is 18.9. The molecule has 5 amide bonds. The molecule has 7 rings (SSSR count). The van der Waals surface area contributed by atoms with E-state index in [0.717, 1.165) is 16.3 Å². The Bertz CT molecular complexity index is 2330. The summed E-state index contributed by atoms with van der Waals surface area (Å²) in [5.41, 5.74) is -0.660. The van der Waals surface area contributed by atoms with Gasteiger partial charge in [-0.1, -0.05) is 75.4 Å².